The first-order valence-corrected chi connectivity index (χ1v) is 7.55. The van der Waals surface area contributed by atoms with Crippen molar-refractivity contribution in [3.8, 4) is 0 Å². The average Bonchev–Trinajstić information content (AvgIpc) is 2.88. The van der Waals surface area contributed by atoms with Gasteiger partial charge in [-0.1, -0.05) is 11.6 Å². The largest absolute Gasteiger partial charge is 0.371 e. The van der Waals surface area contributed by atoms with E-state index in [0.717, 1.165) is 38.0 Å². The minimum atomic E-state index is -0.626. The molecule has 0 spiro atoms. The van der Waals surface area contributed by atoms with Crippen LogP contribution in [0.25, 0.3) is 0 Å². The van der Waals surface area contributed by atoms with Gasteiger partial charge >= 0.3 is 0 Å². The van der Waals surface area contributed by atoms with Crippen LogP contribution in [0.3, 0.4) is 0 Å². The summed E-state index contributed by atoms with van der Waals surface area (Å²) in [4.78, 5) is 14.5. The molecule has 2 atom stereocenters. The average molecular weight is 294 g/mol. The molecule has 2 fully saturated rings. The Balaban J connectivity index is 1.81. The summed E-state index contributed by atoms with van der Waals surface area (Å²) >= 11 is 5.90. The van der Waals surface area contributed by atoms with Crippen molar-refractivity contribution in [1.82, 2.24) is 4.90 Å². The number of rotatable bonds is 3. The van der Waals surface area contributed by atoms with Gasteiger partial charge in [0.05, 0.1) is 0 Å². The van der Waals surface area contributed by atoms with Crippen molar-refractivity contribution in [3.05, 3.63) is 29.3 Å². The molecule has 108 valence electrons. The lowest BCUT2D eigenvalue weighted by Gasteiger charge is -2.43. The zero-order chi connectivity index (χ0) is 14.2. The van der Waals surface area contributed by atoms with Gasteiger partial charge in [-0.05, 0) is 56.5 Å². The molecule has 2 aliphatic heterocycles. The molecule has 20 heavy (non-hydrogen) atoms. The Morgan fingerprint density at radius 2 is 2.10 bits per heavy atom. The molecule has 1 aromatic carbocycles. The number of amides is 1. The number of nitrogens with two attached hydrogens (primary N) is 1. The third-order valence-corrected chi connectivity index (χ3v) is 4.86. The highest BCUT2D eigenvalue weighted by molar-refractivity contribution is 6.30. The summed E-state index contributed by atoms with van der Waals surface area (Å²) in [5.74, 6) is -0.251. The minimum absolute atomic E-state index is 0.251. The smallest absolute Gasteiger partial charge is 0.243 e. The number of carbonyl (C=O) groups excluding carboxylic acids is 1. The Bertz CT molecular complexity index is 504. The van der Waals surface area contributed by atoms with E-state index in [9.17, 15) is 4.79 Å². The first kappa shape index (κ1) is 13.7. The second-order valence-electron chi connectivity index (χ2n) is 5.86. The number of anilines is 1. The SMILES string of the molecule is NC(=O)C1(Nc2ccc(Cl)cc2)CCN2CCCC2C1. The van der Waals surface area contributed by atoms with Crippen LogP contribution in [0.5, 0.6) is 0 Å². The van der Waals surface area contributed by atoms with E-state index in [-0.39, 0.29) is 5.91 Å². The van der Waals surface area contributed by atoms with Gasteiger partial charge in [-0.25, -0.2) is 0 Å². The molecule has 0 aliphatic carbocycles. The molecule has 3 N–H and O–H groups in total. The molecule has 0 bridgehead atoms. The molecule has 2 saturated heterocycles. The van der Waals surface area contributed by atoms with Gasteiger partial charge in [0, 0.05) is 23.3 Å². The highest BCUT2D eigenvalue weighted by Gasteiger charge is 2.45. The van der Waals surface area contributed by atoms with Gasteiger partial charge in [-0.3, -0.25) is 4.79 Å². The highest BCUT2D eigenvalue weighted by atomic mass is 35.5. The molecule has 5 heteroatoms. The zero-order valence-corrected chi connectivity index (χ0v) is 12.2. The van der Waals surface area contributed by atoms with E-state index in [2.05, 4.69) is 10.2 Å². The second-order valence-corrected chi connectivity index (χ2v) is 6.30. The number of nitrogens with one attached hydrogen (secondary N) is 1. The summed E-state index contributed by atoms with van der Waals surface area (Å²) in [6.07, 6.45) is 3.95. The Kier molecular flexibility index (Phi) is 3.61. The fourth-order valence-corrected chi connectivity index (χ4v) is 3.59. The standard InChI is InChI=1S/C15H20ClN3O/c16-11-3-5-12(6-4-11)18-15(14(17)20)7-9-19-8-1-2-13(19)10-15/h3-6,13,18H,1-2,7-10H2,(H2,17,20). The molecule has 2 unspecified atom stereocenters. The van der Waals surface area contributed by atoms with E-state index in [1.807, 2.05) is 24.3 Å². The second kappa shape index (κ2) is 5.26. The van der Waals surface area contributed by atoms with Crippen molar-refractivity contribution in [2.24, 2.45) is 5.73 Å². The number of hydrogen-bond donors (Lipinski definition) is 2. The maximum absolute atomic E-state index is 12.1. The molecule has 2 aliphatic rings. The fraction of sp³-hybridized carbons (Fsp3) is 0.533. The van der Waals surface area contributed by atoms with E-state index in [4.69, 9.17) is 17.3 Å². The van der Waals surface area contributed by atoms with Gasteiger partial charge in [-0.2, -0.15) is 0 Å². The maximum Gasteiger partial charge on any atom is 0.243 e. The quantitative estimate of drug-likeness (QED) is 0.898. The van der Waals surface area contributed by atoms with Crippen molar-refractivity contribution >= 4 is 23.2 Å². The Labute approximate surface area is 124 Å². The minimum Gasteiger partial charge on any atom is -0.371 e. The van der Waals surface area contributed by atoms with Crippen LogP contribution >= 0.6 is 11.6 Å². The van der Waals surface area contributed by atoms with Crippen molar-refractivity contribution in [2.45, 2.75) is 37.3 Å². The zero-order valence-electron chi connectivity index (χ0n) is 11.4. The van der Waals surface area contributed by atoms with Gasteiger partial charge in [0.25, 0.3) is 0 Å². The lowest BCUT2D eigenvalue weighted by atomic mass is 9.82. The van der Waals surface area contributed by atoms with Crippen LogP contribution in [0.4, 0.5) is 5.69 Å². The molecular weight excluding hydrogens is 274 g/mol. The van der Waals surface area contributed by atoms with Crippen LogP contribution in [0.1, 0.15) is 25.7 Å². The molecular formula is C15H20ClN3O. The topological polar surface area (TPSA) is 58.4 Å². The Hall–Kier alpha value is -1.26. The van der Waals surface area contributed by atoms with Crippen LogP contribution in [-0.2, 0) is 4.79 Å². The molecule has 0 aromatic heterocycles. The van der Waals surface area contributed by atoms with Crippen molar-refractivity contribution in [1.29, 1.82) is 0 Å². The summed E-state index contributed by atoms with van der Waals surface area (Å²) in [5, 5.41) is 4.06. The molecule has 3 rings (SSSR count). The van der Waals surface area contributed by atoms with Crippen molar-refractivity contribution in [3.63, 3.8) is 0 Å². The number of benzene rings is 1. The molecule has 2 heterocycles. The summed E-state index contributed by atoms with van der Waals surface area (Å²) in [7, 11) is 0. The summed E-state index contributed by atoms with van der Waals surface area (Å²) in [6.45, 7) is 2.09. The van der Waals surface area contributed by atoms with Gasteiger partial charge in [0.2, 0.25) is 5.91 Å². The molecule has 0 saturated carbocycles. The van der Waals surface area contributed by atoms with Crippen molar-refractivity contribution in [2.75, 3.05) is 18.4 Å². The van der Waals surface area contributed by atoms with E-state index >= 15 is 0 Å². The van der Waals surface area contributed by atoms with Gasteiger partial charge in [0.1, 0.15) is 5.54 Å². The Morgan fingerprint density at radius 3 is 2.80 bits per heavy atom. The number of carbonyl (C=O) groups is 1. The number of halogens is 1. The molecule has 1 amide bonds. The monoisotopic (exact) mass is 293 g/mol. The van der Waals surface area contributed by atoms with Gasteiger partial charge < -0.3 is 16.0 Å². The van der Waals surface area contributed by atoms with E-state index < -0.39 is 5.54 Å². The number of fused-ring (bicyclic) bond motifs is 1. The first-order chi connectivity index (χ1) is 9.59. The lowest BCUT2D eigenvalue weighted by Crippen LogP contribution is -2.59. The van der Waals surface area contributed by atoms with Crippen molar-refractivity contribution < 1.29 is 4.79 Å². The highest BCUT2D eigenvalue weighted by Crippen LogP contribution is 2.35. The van der Waals surface area contributed by atoms with E-state index in [1.54, 1.807) is 0 Å². The first-order valence-electron chi connectivity index (χ1n) is 7.17. The van der Waals surface area contributed by atoms with Gasteiger partial charge in [-0.15, -0.1) is 0 Å². The number of piperidine rings is 1. The summed E-state index contributed by atoms with van der Waals surface area (Å²) < 4.78 is 0. The van der Waals surface area contributed by atoms with Crippen LogP contribution in [0, 0.1) is 0 Å². The van der Waals surface area contributed by atoms with Crippen LogP contribution in [0.15, 0.2) is 24.3 Å². The van der Waals surface area contributed by atoms with Crippen LogP contribution < -0.4 is 11.1 Å². The lowest BCUT2D eigenvalue weighted by molar-refractivity contribution is -0.124. The fourth-order valence-electron chi connectivity index (χ4n) is 3.47. The predicted molar refractivity (Wildman–Crippen MR) is 80.8 cm³/mol. The number of primary amides is 1. The van der Waals surface area contributed by atoms with Crippen LogP contribution in [-0.4, -0.2) is 35.5 Å². The predicted octanol–water partition coefficient (Wildman–Crippen LogP) is 2.23. The molecule has 1 aromatic rings. The maximum atomic E-state index is 12.1. The van der Waals surface area contributed by atoms with Gasteiger partial charge in [0.15, 0.2) is 0 Å². The summed E-state index contributed by atoms with van der Waals surface area (Å²) in [6, 6.07) is 7.92. The third kappa shape index (κ3) is 2.50. The van der Waals surface area contributed by atoms with E-state index in [0.29, 0.717) is 11.1 Å². The van der Waals surface area contributed by atoms with E-state index in [1.165, 1.54) is 6.42 Å². The van der Waals surface area contributed by atoms with Crippen LogP contribution in [0.2, 0.25) is 5.02 Å². The number of hydrogen-bond acceptors (Lipinski definition) is 3. The number of nitrogens with zero attached hydrogens (tertiary/aromatic N) is 1. The Morgan fingerprint density at radius 1 is 1.35 bits per heavy atom. The molecule has 0 radical (unpaired) electrons. The normalized spacial score (nSPS) is 29.9. The third-order valence-electron chi connectivity index (χ3n) is 4.61. The summed E-state index contributed by atoms with van der Waals surface area (Å²) in [5.41, 5.74) is 5.99. The molecule has 4 nitrogen and oxygen atoms in total.